The fourth-order valence-electron chi connectivity index (χ4n) is 5.11. The van der Waals surface area contributed by atoms with Crippen LogP contribution in [0.3, 0.4) is 0 Å². The summed E-state index contributed by atoms with van der Waals surface area (Å²) in [6.07, 6.45) is 2.88. The Morgan fingerprint density at radius 3 is 2.74 bits per heavy atom. The zero-order valence-electron chi connectivity index (χ0n) is 19.1. The molecule has 2 aromatic rings. The van der Waals surface area contributed by atoms with Crippen LogP contribution in [0, 0.1) is 0 Å². The zero-order chi connectivity index (χ0) is 23.8. The van der Waals surface area contributed by atoms with Crippen molar-refractivity contribution in [3.63, 3.8) is 0 Å². The van der Waals surface area contributed by atoms with Gasteiger partial charge in [-0.05, 0) is 42.3 Å². The summed E-state index contributed by atoms with van der Waals surface area (Å²) in [6, 6.07) is 9.75. The number of ether oxygens (including phenoxy) is 2. The Labute approximate surface area is 198 Å². The van der Waals surface area contributed by atoms with Crippen molar-refractivity contribution in [3.8, 4) is 11.5 Å². The molecule has 3 amide bonds. The summed E-state index contributed by atoms with van der Waals surface area (Å²) in [6.45, 7) is 5.74. The number of hydrogen-bond donors (Lipinski definition) is 1. The molecule has 0 radical (unpaired) electrons. The van der Waals surface area contributed by atoms with Gasteiger partial charge < -0.3 is 19.7 Å². The van der Waals surface area contributed by atoms with Crippen molar-refractivity contribution < 1.29 is 23.9 Å². The van der Waals surface area contributed by atoms with Crippen LogP contribution in [-0.2, 0) is 4.79 Å². The molecule has 3 aliphatic rings. The van der Waals surface area contributed by atoms with Crippen molar-refractivity contribution in [3.05, 3.63) is 65.7 Å². The highest BCUT2D eigenvalue weighted by atomic mass is 16.5. The molecule has 0 unspecified atom stereocenters. The van der Waals surface area contributed by atoms with Crippen molar-refractivity contribution in [2.45, 2.75) is 24.8 Å². The Kier molecular flexibility index (Phi) is 5.73. The number of carbonyl (C=O) groups is 3. The minimum atomic E-state index is -0.708. The van der Waals surface area contributed by atoms with Crippen LogP contribution in [0.25, 0.3) is 0 Å². The maximum Gasteiger partial charge on any atom is 0.259 e. The third-order valence-electron chi connectivity index (χ3n) is 6.64. The van der Waals surface area contributed by atoms with Gasteiger partial charge in [-0.25, -0.2) is 0 Å². The maximum atomic E-state index is 13.9. The van der Waals surface area contributed by atoms with E-state index in [1.807, 2.05) is 6.07 Å². The number of hydrogen-bond acceptors (Lipinski definition) is 5. The van der Waals surface area contributed by atoms with Crippen LogP contribution < -0.4 is 19.7 Å². The average molecular weight is 462 g/mol. The van der Waals surface area contributed by atoms with Gasteiger partial charge in [-0.2, -0.15) is 0 Å². The summed E-state index contributed by atoms with van der Waals surface area (Å²) in [5.74, 6) is 0.400. The van der Waals surface area contributed by atoms with Crippen LogP contribution in [0.15, 0.2) is 49.1 Å². The maximum absolute atomic E-state index is 13.9. The van der Waals surface area contributed by atoms with E-state index in [4.69, 9.17) is 9.47 Å². The summed E-state index contributed by atoms with van der Waals surface area (Å²) < 4.78 is 11.5. The standard InChI is InChI=1S/C26H27N3O5/c1-3-10-28-15-17-13-20(24(30)27-2)29(19-7-4-6-18(23(17)19)26(28)32)25(31)16-8-9-21-22(14-16)34-12-5-11-33-21/h3-4,6-9,14,17,20H,1,5,10-13,15H2,2H3,(H,27,30)/t17-,20-/m0/s1. The van der Waals surface area contributed by atoms with Gasteiger partial charge in [0.05, 0.1) is 13.2 Å². The molecule has 5 rings (SSSR count). The third-order valence-corrected chi connectivity index (χ3v) is 6.64. The Bertz CT molecular complexity index is 1180. The number of likely N-dealkylation sites (N-methyl/N-ethyl adjacent to an activating group) is 1. The monoisotopic (exact) mass is 461 g/mol. The van der Waals surface area contributed by atoms with E-state index in [0.29, 0.717) is 61.0 Å². The van der Waals surface area contributed by atoms with Crippen LogP contribution in [0.4, 0.5) is 5.69 Å². The number of anilines is 1. The van der Waals surface area contributed by atoms with Gasteiger partial charge in [0.25, 0.3) is 11.8 Å². The van der Waals surface area contributed by atoms with E-state index >= 15 is 0 Å². The van der Waals surface area contributed by atoms with Crippen LogP contribution >= 0.6 is 0 Å². The second-order valence-corrected chi connectivity index (χ2v) is 8.69. The molecule has 0 bridgehead atoms. The molecule has 2 atom stereocenters. The van der Waals surface area contributed by atoms with Crippen molar-refractivity contribution >= 4 is 23.4 Å². The van der Waals surface area contributed by atoms with Crippen molar-refractivity contribution in [1.82, 2.24) is 10.2 Å². The Balaban J connectivity index is 1.60. The molecule has 0 saturated heterocycles. The SMILES string of the molecule is C=CCN1C[C@@H]2C[C@@H](C(=O)NC)N(C(=O)c3ccc4c(c3)OCCCO4)c3cccc(c32)C1=O. The highest BCUT2D eigenvalue weighted by Gasteiger charge is 2.44. The highest BCUT2D eigenvalue weighted by Crippen LogP contribution is 2.44. The average Bonchev–Trinajstić information content (AvgIpc) is 3.11. The molecule has 0 aromatic heterocycles. The van der Waals surface area contributed by atoms with Crippen LogP contribution in [0.1, 0.15) is 45.0 Å². The van der Waals surface area contributed by atoms with E-state index in [2.05, 4.69) is 11.9 Å². The number of benzene rings is 2. The van der Waals surface area contributed by atoms with E-state index in [1.165, 1.54) is 4.90 Å². The van der Waals surface area contributed by atoms with Gasteiger partial charge in [0, 0.05) is 49.3 Å². The molecule has 2 aromatic carbocycles. The van der Waals surface area contributed by atoms with Gasteiger partial charge in [-0.15, -0.1) is 6.58 Å². The van der Waals surface area contributed by atoms with E-state index < -0.39 is 6.04 Å². The second-order valence-electron chi connectivity index (χ2n) is 8.69. The van der Waals surface area contributed by atoms with E-state index in [1.54, 1.807) is 48.4 Å². The molecule has 176 valence electrons. The van der Waals surface area contributed by atoms with Gasteiger partial charge in [0.2, 0.25) is 5.91 Å². The molecular weight excluding hydrogens is 434 g/mol. The van der Waals surface area contributed by atoms with Crippen LogP contribution in [0.2, 0.25) is 0 Å². The molecule has 3 heterocycles. The first-order chi connectivity index (χ1) is 16.5. The van der Waals surface area contributed by atoms with Gasteiger partial charge in [0.1, 0.15) is 6.04 Å². The molecule has 0 spiro atoms. The van der Waals surface area contributed by atoms with E-state index in [0.717, 1.165) is 12.0 Å². The van der Waals surface area contributed by atoms with Crippen LogP contribution in [0.5, 0.6) is 11.5 Å². The highest BCUT2D eigenvalue weighted by molar-refractivity contribution is 6.12. The summed E-state index contributed by atoms with van der Waals surface area (Å²) in [5, 5.41) is 2.71. The number of rotatable bonds is 4. The third kappa shape index (κ3) is 3.59. The Morgan fingerprint density at radius 1 is 1.18 bits per heavy atom. The van der Waals surface area contributed by atoms with Crippen LogP contribution in [-0.4, -0.2) is 62.0 Å². The molecule has 1 N–H and O–H groups in total. The second kappa shape index (κ2) is 8.85. The fraction of sp³-hybridized carbons (Fsp3) is 0.346. The largest absolute Gasteiger partial charge is 0.490 e. The molecule has 8 nitrogen and oxygen atoms in total. The first-order valence-corrected chi connectivity index (χ1v) is 11.5. The minimum absolute atomic E-state index is 0.0565. The lowest BCUT2D eigenvalue weighted by Gasteiger charge is -2.44. The number of nitrogens with one attached hydrogen (secondary N) is 1. The summed E-state index contributed by atoms with van der Waals surface area (Å²) >= 11 is 0. The number of fused-ring (bicyclic) bond motifs is 1. The van der Waals surface area contributed by atoms with Gasteiger partial charge in [-0.1, -0.05) is 12.1 Å². The number of amides is 3. The van der Waals surface area contributed by atoms with E-state index in [-0.39, 0.29) is 23.6 Å². The molecule has 0 saturated carbocycles. The van der Waals surface area contributed by atoms with Crippen molar-refractivity contribution in [2.24, 2.45) is 0 Å². The quantitative estimate of drug-likeness (QED) is 0.708. The normalized spacial score (nSPS) is 20.8. The lowest BCUT2D eigenvalue weighted by atomic mass is 9.79. The topological polar surface area (TPSA) is 88.2 Å². The Morgan fingerprint density at radius 2 is 1.97 bits per heavy atom. The first-order valence-electron chi connectivity index (χ1n) is 11.5. The summed E-state index contributed by atoms with van der Waals surface area (Å²) in [7, 11) is 1.57. The molecule has 0 aliphatic carbocycles. The first kappa shape index (κ1) is 22.0. The number of carbonyl (C=O) groups excluding carboxylic acids is 3. The molecular formula is C26H27N3O5. The summed E-state index contributed by atoms with van der Waals surface area (Å²) in [4.78, 5) is 43.3. The molecule has 0 fully saturated rings. The fourth-order valence-corrected chi connectivity index (χ4v) is 5.11. The molecule has 3 aliphatic heterocycles. The predicted molar refractivity (Wildman–Crippen MR) is 127 cm³/mol. The van der Waals surface area contributed by atoms with Gasteiger partial charge in [-0.3, -0.25) is 19.3 Å². The zero-order valence-corrected chi connectivity index (χ0v) is 19.1. The van der Waals surface area contributed by atoms with Gasteiger partial charge >= 0.3 is 0 Å². The van der Waals surface area contributed by atoms with Gasteiger partial charge in [0.15, 0.2) is 11.5 Å². The lowest BCUT2D eigenvalue weighted by Crippen LogP contribution is -2.55. The lowest BCUT2D eigenvalue weighted by molar-refractivity contribution is -0.122. The van der Waals surface area contributed by atoms with Crippen molar-refractivity contribution in [1.29, 1.82) is 0 Å². The smallest absolute Gasteiger partial charge is 0.259 e. The predicted octanol–water partition coefficient (Wildman–Crippen LogP) is 2.74. The Hall–Kier alpha value is -3.81. The summed E-state index contributed by atoms with van der Waals surface area (Å²) in [5.41, 5.74) is 2.40. The van der Waals surface area contributed by atoms with E-state index in [9.17, 15) is 14.4 Å². The van der Waals surface area contributed by atoms with Crippen molar-refractivity contribution in [2.75, 3.05) is 38.3 Å². The minimum Gasteiger partial charge on any atom is -0.490 e. The molecule has 8 heteroatoms. The number of nitrogens with zero attached hydrogens (tertiary/aromatic N) is 2. The molecule has 34 heavy (non-hydrogen) atoms.